The Morgan fingerprint density at radius 1 is 0.714 bits per heavy atom. The summed E-state index contributed by atoms with van der Waals surface area (Å²) in [5.74, 6) is -6.40. The first-order valence-corrected chi connectivity index (χ1v) is 13.3. The fourth-order valence-electron chi connectivity index (χ4n) is 2.51. The molecule has 206 valence electrons. The lowest BCUT2D eigenvalue weighted by molar-refractivity contribution is -0.238. The van der Waals surface area contributed by atoms with Crippen molar-refractivity contribution >= 4 is 35.9 Å². The van der Waals surface area contributed by atoms with E-state index in [1.165, 1.54) is 4.13 Å². The zero-order valence-corrected chi connectivity index (χ0v) is 23.5. The molecule has 0 fully saturated rings. The Morgan fingerprint density at radius 2 is 1.14 bits per heavy atom. The smallest absolute Gasteiger partial charge is 0.398 e. The largest absolute Gasteiger partial charge is 0.419 e. The minimum atomic E-state index is -5.93. The molecule has 1 N–H and O–H groups in total. The van der Waals surface area contributed by atoms with E-state index >= 15 is 0 Å². The maximum absolute atomic E-state index is 14.3. The van der Waals surface area contributed by atoms with Crippen LogP contribution in [0.5, 0.6) is 5.75 Å². The molecular formula is C22H33F8NOS3. The predicted octanol–water partition coefficient (Wildman–Crippen LogP) is 10.4. The molecule has 0 atom stereocenters. The van der Waals surface area contributed by atoms with Gasteiger partial charge in [0.15, 0.2) is 0 Å². The van der Waals surface area contributed by atoms with Crippen LogP contribution in [0.1, 0.15) is 96.8 Å². The fraction of sp³-hybridized carbons (Fsp3) is 0.727. The SMILES string of the molecule is CC.CC(C)c1cc(C(C)C)c(OSC(F)(F)C(F)(F)C(F)(F)SNSC(C)(F)F)c(C(C)C)c1. The summed E-state index contributed by atoms with van der Waals surface area (Å²) in [5.41, 5.74) is 1.83. The van der Waals surface area contributed by atoms with Crippen molar-refractivity contribution in [2.75, 3.05) is 0 Å². The highest BCUT2D eigenvalue weighted by Gasteiger charge is 2.74. The van der Waals surface area contributed by atoms with Gasteiger partial charge in [-0.15, -0.1) is 0 Å². The van der Waals surface area contributed by atoms with E-state index in [0.717, 1.165) is 5.56 Å². The van der Waals surface area contributed by atoms with Gasteiger partial charge < -0.3 is 4.18 Å². The number of benzene rings is 1. The molecule has 1 aromatic carbocycles. The molecule has 35 heavy (non-hydrogen) atoms. The van der Waals surface area contributed by atoms with Crippen LogP contribution in [0.3, 0.4) is 0 Å². The Bertz CT molecular complexity index is 770. The minimum Gasteiger partial charge on any atom is -0.419 e. The summed E-state index contributed by atoms with van der Waals surface area (Å²) in [6, 6.07) is 3.42. The number of halogens is 8. The first kappa shape index (κ1) is 34.5. The van der Waals surface area contributed by atoms with Crippen molar-refractivity contribution in [2.45, 2.75) is 102 Å². The highest BCUT2D eigenvalue weighted by Crippen LogP contribution is 2.56. The third-order valence-electron chi connectivity index (χ3n) is 4.43. The summed E-state index contributed by atoms with van der Waals surface area (Å²) in [6.07, 6.45) is 0. The highest BCUT2D eigenvalue weighted by molar-refractivity contribution is 8.13. The van der Waals surface area contributed by atoms with Crippen LogP contribution in [0.4, 0.5) is 35.1 Å². The average Bonchev–Trinajstić information content (AvgIpc) is 2.71. The van der Waals surface area contributed by atoms with Gasteiger partial charge in [-0.25, -0.2) is 0 Å². The van der Waals surface area contributed by atoms with E-state index in [-0.39, 0.29) is 23.5 Å². The van der Waals surface area contributed by atoms with Crippen LogP contribution in [-0.2, 0) is 0 Å². The summed E-state index contributed by atoms with van der Waals surface area (Å²) in [4.78, 5) is 0. The molecule has 0 saturated heterocycles. The fourth-order valence-corrected chi connectivity index (χ4v) is 4.62. The van der Waals surface area contributed by atoms with Crippen molar-refractivity contribution in [1.29, 1.82) is 0 Å². The molecule has 0 amide bonds. The number of nitrogens with one attached hydrogen (secondary N) is 1. The van der Waals surface area contributed by atoms with Crippen molar-refractivity contribution in [3.63, 3.8) is 0 Å². The molecule has 13 heteroatoms. The molecule has 0 aliphatic rings. The Kier molecular flexibility index (Phi) is 13.1. The van der Waals surface area contributed by atoms with Crippen LogP contribution in [0.25, 0.3) is 0 Å². The molecule has 0 saturated carbocycles. The second-order valence-corrected chi connectivity index (χ2v) is 11.5. The van der Waals surface area contributed by atoms with Crippen LogP contribution in [0.15, 0.2) is 12.1 Å². The molecular weight excluding hydrogens is 542 g/mol. The Balaban J connectivity index is 0.00000562. The van der Waals surface area contributed by atoms with Crippen LogP contribution in [0.2, 0.25) is 0 Å². The van der Waals surface area contributed by atoms with Gasteiger partial charge in [-0.05, 0) is 34.4 Å². The lowest BCUT2D eigenvalue weighted by Crippen LogP contribution is -2.51. The van der Waals surface area contributed by atoms with Gasteiger partial charge in [0.1, 0.15) is 17.8 Å². The van der Waals surface area contributed by atoms with Crippen molar-refractivity contribution in [3.05, 3.63) is 28.8 Å². The third-order valence-corrected chi connectivity index (χ3v) is 6.68. The van der Waals surface area contributed by atoms with Crippen LogP contribution >= 0.6 is 35.9 Å². The van der Waals surface area contributed by atoms with Crippen LogP contribution < -0.4 is 8.31 Å². The van der Waals surface area contributed by atoms with Gasteiger partial charge in [0.2, 0.25) is 0 Å². The zero-order chi connectivity index (χ0) is 28.0. The lowest BCUT2D eigenvalue weighted by atomic mass is 9.88. The summed E-state index contributed by atoms with van der Waals surface area (Å²) < 4.78 is 116. The van der Waals surface area contributed by atoms with Crippen LogP contribution in [-0.4, -0.2) is 21.7 Å². The number of hydrogen-bond donors (Lipinski definition) is 1. The molecule has 0 unspecified atom stereocenters. The van der Waals surface area contributed by atoms with Gasteiger partial charge in [-0.1, -0.05) is 67.5 Å². The molecule has 0 radical (unpaired) electrons. The minimum absolute atomic E-state index is 0.0832. The van der Waals surface area contributed by atoms with E-state index in [9.17, 15) is 35.1 Å². The summed E-state index contributed by atoms with van der Waals surface area (Å²) in [5, 5.41) is -14.4. The standard InChI is InChI=1S/C20H27F8NOS3.C2H6/c1-10(2)13-8-14(11(3)4)16(15(9-13)12(5)6)30-33-20(27,28)18(23,24)19(25,26)32-29-31-17(7,21)22;1-2/h8-12,29H,1-7H3;1-2H3. The summed E-state index contributed by atoms with van der Waals surface area (Å²) in [6.45, 7) is 15.2. The van der Waals surface area contributed by atoms with E-state index in [2.05, 4.69) is 0 Å². The van der Waals surface area contributed by atoms with Crippen LogP contribution in [0, 0.1) is 0 Å². The number of rotatable bonds is 12. The summed E-state index contributed by atoms with van der Waals surface area (Å²) in [7, 11) is 0. The first-order chi connectivity index (χ1) is 15.7. The topological polar surface area (TPSA) is 21.3 Å². The maximum Gasteiger partial charge on any atom is 0.398 e. The van der Waals surface area contributed by atoms with Gasteiger partial charge in [0, 0.05) is 30.8 Å². The van der Waals surface area contributed by atoms with Gasteiger partial charge in [0.05, 0.1) is 0 Å². The zero-order valence-electron chi connectivity index (χ0n) is 21.0. The van der Waals surface area contributed by atoms with Crippen molar-refractivity contribution in [3.8, 4) is 5.75 Å². The molecule has 0 aliphatic carbocycles. The van der Waals surface area contributed by atoms with Gasteiger partial charge in [-0.3, -0.25) is 0 Å². The number of hydrogen-bond acceptors (Lipinski definition) is 5. The molecule has 0 aliphatic heterocycles. The molecule has 0 aromatic heterocycles. The Morgan fingerprint density at radius 3 is 1.49 bits per heavy atom. The molecule has 1 rings (SSSR count). The first-order valence-electron chi connectivity index (χ1n) is 10.9. The number of alkyl halides is 8. The van der Waals surface area contributed by atoms with E-state index in [0.29, 0.717) is 18.1 Å². The molecule has 2 nitrogen and oxygen atoms in total. The molecule has 1 aromatic rings. The maximum atomic E-state index is 14.3. The van der Waals surface area contributed by atoms with Crippen molar-refractivity contribution < 1.29 is 39.3 Å². The van der Waals surface area contributed by atoms with E-state index < -0.39 is 57.6 Å². The second kappa shape index (κ2) is 13.3. The normalized spacial score (nSPS) is 13.4. The Labute approximate surface area is 215 Å². The Hall–Kier alpha value is -0.530. The quantitative estimate of drug-likeness (QED) is 0.152. The van der Waals surface area contributed by atoms with Crippen molar-refractivity contribution in [1.82, 2.24) is 4.13 Å². The predicted molar refractivity (Wildman–Crippen MR) is 132 cm³/mol. The lowest BCUT2D eigenvalue weighted by Gasteiger charge is -2.31. The molecule has 0 heterocycles. The molecule has 0 spiro atoms. The van der Waals surface area contributed by atoms with Crippen molar-refractivity contribution in [2.24, 2.45) is 0 Å². The summed E-state index contributed by atoms with van der Waals surface area (Å²) >= 11 is -2.90. The van der Waals surface area contributed by atoms with E-state index in [1.54, 1.807) is 39.8 Å². The monoisotopic (exact) mass is 575 g/mol. The second-order valence-electron chi connectivity index (χ2n) is 8.36. The average molecular weight is 576 g/mol. The van der Waals surface area contributed by atoms with E-state index in [1.807, 2.05) is 27.7 Å². The highest BCUT2D eigenvalue weighted by atomic mass is 32.2. The van der Waals surface area contributed by atoms with Gasteiger partial charge >= 0.3 is 21.7 Å². The third kappa shape index (κ3) is 9.37. The van der Waals surface area contributed by atoms with Gasteiger partial charge in [-0.2, -0.15) is 39.3 Å². The molecule has 0 bridgehead atoms. The van der Waals surface area contributed by atoms with E-state index in [4.69, 9.17) is 4.18 Å². The van der Waals surface area contributed by atoms with Gasteiger partial charge in [0.25, 0.3) is 0 Å².